The molecule has 0 amide bonds. The molecule has 2 aliphatic rings. The first kappa shape index (κ1) is 17.6. The van der Waals surface area contributed by atoms with Gasteiger partial charge in [0, 0.05) is 23.3 Å². The van der Waals surface area contributed by atoms with E-state index in [0.717, 1.165) is 24.6 Å². The Morgan fingerprint density at radius 2 is 2.14 bits per heavy atom. The highest BCUT2D eigenvalue weighted by Crippen LogP contribution is 2.52. The number of nitrogens with one attached hydrogen (secondary N) is 1. The summed E-state index contributed by atoms with van der Waals surface area (Å²) in [6.07, 6.45) is 7.53. The molecule has 3 aromatic heterocycles. The lowest BCUT2D eigenvalue weighted by Gasteiger charge is -2.26. The molecular formula is C20H18ClFN4O2. The molecule has 3 aromatic rings. The average Bonchev–Trinajstić information content (AvgIpc) is 3.37. The summed E-state index contributed by atoms with van der Waals surface area (Å²) in [5, 5.41) is 10.7. The largest absolute Gasteiger partial charge is 0.481 e. The lowest BCUT2D eigenvalue weighted by Crippen LogP contribution is -2.28. The molecule has 2 bridgehead atoms. The maximum atomic E-state index is 14.5. The normalized spacial score (nSPS) is 26.2. The zero-order chi connectivity index (χ0) is 19.4. The monoisotopic (exact) mass is 400 g/mol. The van der Waals surface area contributed by atoms with Gasteiger partial charge in [0.1, 0.15) is 5.65 Å². The van der Waals surface area contributed by atoms with E-state index in [-0.39, 0.29) is 17.8 Å². The van der Waals surface area contributed by atoms with Gasteiger partial charge in [0.2, 0.25) is 0 Å². The van der Waals surface area contributed by atoms with Crippen molar-refractivity contribution in [2.24, 2.45) is 23.7 Å². The number of aromatic amines is 1. The number of nitrogens with zero attached hydrogens (tertiary/aromatic N) is 3. The Hall–Kier alpha value is -2.54. The van der Waals surface area contributed by atoms with Crippen molar-refractivity contribution in [3.8, 4) is 11.4 Å². The number of fused-ring (bicyclic) bond motifs is 3. The van der Waals surface area contributed by atoms with Gasteiger partial charge in [-0.25, -0.2) is 19.3 Å². The molecule has 2 aliphatic carbocycles. The van der Waals surface area contributed by atoms with Crippen molar-refractivity contribution in [1.29, 1.82) is 0 Å². The summed E-state index contributed by atoms with van der Waals surface area (Å²) in [4.78, 5) is 27.4. The second-order valence-electron chi connectivity index (χ2n) is 7.89. The fraction of sp³-hybridized carbons (Fsp3) is 0.400. The lowest BCUT2D eigenvalue weighted by molar-refractivity contribution is -0.144. The van der Waals surface area contributed by atoms with Crippen LogP contribution in [0.4, 0.5) is 4.39 Å². The molecule has 5 rings (SSSR count). The Kier molecular flexibility index (Phi) is 4.08. The maximum absolute atomic E-state index is 14.5. The van der Waals surface area contributed by atoms with Gasteiger partial charge in [0.15, 0.2) is 11.6 Å². The van der Waals surface area contributed by atoms with E-state index in [1.165, 1.54) is 6.20 Å². The average molecular weight is 401 g/mol. The molecule has 0 aliphatic heterocycles. The molecule has 4 atom stereocenters. The Labute approximate surface area is 165 Å². The third kappa shape index (κ3) is 2.85. The highest BCUT2D eigenvalue weighted by Gasteiger charge is 2.49. The second-order valence-corrected chi connectivity index (χ2v) is 8.32. The van der Waals surface area contributed by atoms with E-state index in [1.807, 2.05) is 0 Å². The first-order valence-corrected chi connectivity index (χ1v) is 9.74. The van der Waals surface area contributed by atoms with Gasteiger partial charge in [-0.05, 0) is 49.5 Å². The minimum absolute atomic E-state index is 0.108. The van der Waals surface area contributed by atoms with Crippen LogP contribution in [-0.2, 0) is 11.2 Å². The highest BCUT2D eigenvalue weighted by atomic mass is 35.5. The van der Waals surface area contributed by atoms with Crippen LogP contribution >= 0.6 is 11.6 Å². The minimum atomic E-state index is -0.732. The molecule has 0 spiro atoms. The first-order valence-electron chi connectivity index (χ1n) is 9.37. The van der Waals surface area contributed by atoms with Crippen LogP contribution in [0.25, 0.3) is 22.4 Å². The molecule has 2 fully saturated rings. The van der Waals surface area contributed by atoms with Crippen LogP contribution in [0.2, 0.25) is 5.02 Å². The SMILES string of the molecule is O=C(O)C1CC2CC(Cc3nc(-c4c[nH]c5ncc(Cl)cc45)ncc3F)C1C2. The van der Waals surface area contributed by atoms with E-state index >= 15 is 0 Å². The first-order chi connectivity index (χ1) is 13.5. The molecule has 6 nitrogen and oxygen atoms in total. The topological polar surface area (TPSA) is 91.8 Å². The minimum Gasteiger partial charge on any atom is -0.481 e. The van der Waals surface area contributed by atoms with Gasteiger partial charge in [-0.3, -0.25) is 4.79 Å². The summed E-state index contributed by atoms with van der Waals surface area (Å²) in [6.45, 7) is 0. The molecular weight excluding hydrogens is 383 g/mol. The van der Waals surface area contributed by atoms with E-state index in [9.17, 15) is 14.3 Å². The quantitative estimate of drug-likeness (QED) is 0.687. The summed E-state index contributed by atoms with van der Waals surface area (Å²) >= 11 is 6.06. The van der Waals surface area contributed by atoms with Gasteiger partial charge in [-0.1, -0.05) is 11.6 Å². The van der Waals surface area contributed by atoms with Gasteiger partial charge in [0.05, 0.1) is 22.8 Å². The van der Waals surface area contributed by atoms with Gasteiger partial charge < -0.3 is 10.1 Å². The van der Waals surface area contributed by atoms with Gasteiger partial charge >= 0.3 is 5.97 Å². The molecule has 0 radical (unpaired) electrons. The van der Waals surface area contributed by atoms with E-state index in [1.54, 1.807) is 18.5 Å². The molecule has 0 saturated heterocycles. The van der Waals surface area contributed by atoms with E-state index < -0.39 is 11.8 Å². The number of carbonyl (C=O) groups is 1. The van der Waals surface area contributed by atoms with E-state index in [2.05, 4.69) is 19.9 Å². The van der Waals surface area contributed by atoms with Crippen molar-refractivity contribution in [3.05, 3.63) is 41.2 Å². The predicted molar refractivity (Wildman–Crippen MR) is 101 cm³/mol. The Morgan fingerprint density at radius 3 is 2.93 bits per heavy atom. The third-order valence-electron chi connectivity index (χ3n) is 6.28. The molecule has 3 heterocycles. The van der Waals surface area contributed by atoms with Crippen LogP contribution in [0.3, 0.4) is 0 Å². The maximum Gasteiger partial charge on any atom is 0.306 e. The number of aromatic nitrogens is 4. The molecule has 4 unspecified atom stereocenters. The van der Waals surface area contributed by atoms with E-state index in [4.69, 9.17) is 11.6 Å². The second kappa shape index (κ2) is 6.51. The van der Waals surface area contributed by atoms with Crippen LogP contribution < -0.4 is 0 Å². The number of hydrogen-bond acceptors (Lipinski definition) is 4. The molecule has 144 valence electrons. The zero-order valence-electron chi connectivity index (χ0n) is 14.9. The fourth-order valence-electron chi connectivity index (χ4n) is 5.10. The number of hydrogen-bond donors (Lipinski definition) is 2. The fourth-order valence-corrected chi connectivity index (χ4v) is 5.26. The standard InChI is InChI=1S/C20H18ClFN4O2/c21-11-5-13-15(7-24-18(13)23-6-11)19-25-8-16(22)17(26-19)4-10-1-9-2-12(10)14(3-9)20(27)28/h5-10,12,14H,1-4H2,(H,23,24)(H,27,28). The van der Waals surface area contributed by atoms with Gasteiger partial charge in [-0.2, -0.15) is 0 Å². The van der Waals surface area contributed by atoms with Crippen molar-refractivity contribution in [3.63, 3.8) is 0 Å². The number of H-pyrrole nitrogens is 1. The van der Waals surface area contributed by atoms with Crippen LogP contribution in [0.15, 0.2) is 24.7 Å². The zero-order valence-corrected chi connectivity index (χ0v) is 15.7. The molecule has 0 aromatic carbocycles. The number of pyridine rings is 1. The number of carboxylic acid groups (broad SMARTS) is 1. The van der Waals surface area contributed by atoms with Crippen LogP contribution in [0.5, 0.6) is 0 Å². The van der Waals surface area contributed by atoms with Crippen LogP contribution in [0.1, 0.15) is 25.0 Å². The summed E-state index contributed by atoms with van der Waals surface area (Å²) in [7, 11) is 0. The molecule has 2 N–H and O–H groups in total. The van der Waals surface area contributed by atoms with Crippen molar-refractivity contribution in [2.45, 2.75) is 25.7 Å². The summed E-state index contributed by atoms with van der Waals surface area (Å²) < 4.78 is 14.5. The molecule has 8 heteroatoms. The highest BCUT2D eigenvalue weighted by molar-refractivity contribution is 6.31. The number of halogens is 2. The van der Waals surface area contributed by atoms with Crippen LogP contribution in [-0.4, -0.2) is 31.0 Å². The van der Waals surface area contributed by atoms with Gasteiger partial charge in [0.25, 0.3) is 0 Å². The van der Waals surface area contributed by atoms with Crippen molar-refractivity contribution >= 4 is 28.6 Å². The Balaban J connectivity index is 1.47. The summed E-state index contributed by atoms with van der Waals surface area (Å²) in [6, 6.07) is 1.77. The smallest absolute Gasteiger partial charge is 0.306 e. The van der Waals surface area contributed by atoms with Crippen LogP contribution in [0, 0.1) is 29.5 Å². The number of rotatable bonds is 4. The van der Waals surface area contributed by atoms with Gasteiger partial charge in [-0.15, -0.1) is 0 Å². The molecule has 28 heavy (non-hydrogen) atoms. The lowest BCUT2D eigenvalue weighted by atomic mass is 9.78. The summed E-state index contributed by atoms with van der Waals surface area (Å²) in [5.74, 6) is -0.395. The molecule has 2 saturated carbocycles. The summed E-state index contributed by atoms with van der Waals surface area (Å²) in [5.41, 5.74) is 1.71. The Bertz CT molecular complexity index is 1090. The third-order valence-corrected chi connectivity index (χ3v) is 6.49. The predicted octanol–water partition coefficient (Wildman–Crippen LogP) is 4.10. The van der Waals surface area contributed by atoms with Crippen molar-refractivity contribution < 1.29 is 14.3 Å². The number of carboxylic acids is 1. The van der Waals surface area contributed by atoms with Crippen molar-refractivity contribution in [2.75, 3.05) is 0 Å². The van der Waals surface area contributed by atoms with E-state index in [0.29, 0.717) is 40.1 Å². The van der Waals surface area contributed by atoms with Crippen molar-refractivity contribution in [1.82, 2.24) is 19.9 Å². The number of aliphatic carboxylic acids is 1. The Morgan fingerprint density at radius 1 is 1.29 bits per heavy atom.